The van der Waals surface area contributed by atoms with Crippen LogP contribution >= 0.6 is 0 Å². The maximum atomic E-state index is 14.2. The molecule has 3 aliphatic heterocycles. The van der Waals surface area contributed by atoms with E-state index in [9.17, 15) is 14.7 Å². The number of aromatic amines is 1. The molecule has 1 aromatic heterocycles. The van der Waals surface area contributed by atoms with Crippen LogP contribution in [0, 0.1) is 0 Å². The SMILES string of the molecule is COc1ccc2[nH]c3c(c2c1)C[C@@]1(C)C(=O)N(CCCN2CCCCCC2)CC(=O)N1[C@@H]3c1cccc(O)c1. The molecule has 3 aliphatic rings. The number of piperazine rings is 1. The molecule has 206 valence electrons. The van der Waals surface area contributed by atoms with Gasteiger partial charge < -0.3 is 29.5 Å². The first-order chi connectivity index (χ1) is 18.9. The lowest BCUT2D eigenvalue weighted by molar-refractivity contribution is -0.167. The Morgan fingerprint density at radius 3 is 2.59 bits per heavy atom. The third-order valence-electron chi connectivity index (χ3n) is 8.86. The van der Waals surface area contributed by atoms with Crippen LogP contribution in [0.1, 0.15) is 61.9 Å². The highest BCUT2D eigenvalue weighted by molar-refractivity contribution is 6.00. The van der Waals surface area contributed by atoms with E-state index in [0.717, 1.165) is 59.5 Å². The Labute approximate surface area is 229 Å². The molecule has 8 heteroatoms. The zero-order valence-electron chi connectivity index (χ0n) is 22.9. The fourth-order valence-corrected chi connectivity index (χ4v) is 6.93. The number of nitrogens with one attached hydrogen (secondary N) is 1. The molecule has 2 saturated heterocycles. The Hall–Kier alpha value is -3.52. The zero-order valence-corrected chi connectivity index (χ0v) is 22.9. The summed E-state index contributed by atoms with van der Waals surface area (Å²) in [4.78, 5) is 37.7. The number of hydrogen-bond donors (Lipinski definition) is 2. The van der Waals surface area contributed by atoms with Crippen molar-refractivity contribution in [3.8, 4) is 11.5 Å². The number of phenols is 1. The van der Waals surface area contributed by atoms with Crippen LogP contribution in [-0.4, -0.2) is 82.0 Å². The molecule has 0 spiro atoms. The molecule has 0 aliphatic carbocycles. The summed E-state index contributed by atoms with van der Waals surface area (Å²) in [5.74, 6) is 0.796. The third-order valence-corrected chi connectivity index (χ3v) is 8.86. The van der Waals surface area contributed by atoms with Crippen LogP contribution in [0.25, 0.3) is 10.9 Å². The van der Waals surface area contributed by atoms with Gasteiger partial charge in [-0.05, 0) is 87.3 Å². The van der Waals surface area contributed by atoms with Gasteiger partial charge in [0.05, 0.1) is 19.7 Å². The number of carbonyl (C=O) groups excluding carboxylic acids is 2. The van der Waals surface area contributed by atoms with Gasteiger partial charge >= 0.3 is 0 Å². The summed E-state index contributed by atoms with van der Waals surface area (Å²) in [5.41, 5.74) is 2.57. The van der Waals surface area contributed by atoms with E-state index in [2.05, 4.69) is 9.88 Å². The lowest BCUT2D eigenvalue weighted by Gasteiger charge is -2.53. The first kappa shape index (κ1) is 25.7. The van der Waals surface area contributed by atoms with E-state index in [4.69, 9.17) is 4.74 Å². The van der Waals surface area contributed by atoms with E-state index in [1.54, 1.807) is 35.1 Å². The Kier molecular flexibility index (Phi) is 6.75. The monoisotopic (exact) mass is 530 g/mol. The highest BCUT2D eigenvalue weighted by Crippen LogP contribution is 2.47. The van der Waals surface area contributed by atoms with E-state index in [1.165, 1.54) is 25.7 Å². The second kappa shape index (κ2) is 10.2. The van der Waals surface area contributed by atoms with Gasteiger partial charge in [-0.1, -0.05) is 25.0 Å². The first-order valence-electron chi connectivity index (χ1n) is 14.2. The van der Waals surface area contributed by atoms with Crippen molar-refractivity contribution in [3.05, 3.63) is 59.3 Å². The summed E-state index contributed by atoms with van der Waals surface area (Å²) in [6, 6.07) is 12.4. The normalized spacial score (nSPS) is 24.0. The summed E-state index contributed by atoms with van der Waals surface area (Å²) < 4.78 is 5.51. The third kappa shape index (κ3) is 4.54. The van der Waals surface area contributed by atoms with Gasteiger partial charge in [-0.15, -0.1) is 0 Å². The standard InChI is InChI=1S/C31H38N4O4/c1-31-19-25-24-18-23(39-2)11-12-26(24)32-28(25)29(21-9-7-10-22(36)17-21)35(31)27(37)20-34(30(31)38)16-8-15-33-13-5-3-4-6-14-33/h7,9-12,17-18,29,32,36H,3-6,8,13-16,19-20H2,1-2H3/t29-,31+/m1/s1. The van der Waals surface area contributed by atoms with E-state index in [1.807, 2.05) is 31.2 Å². The number of rotatable bonds is 6. The molecule has 0 unspecified atom stereocenters. The van der Waals surface area contributed by atoms with Gasteiger partial charge in [0, 0.05) is 29.6 Å². The number of likely N-dealkylation sites (tertiary alicyclic amines) is 1. The van der Waals surface area contributed by atoms with E-state index in [0.29, 0.717) is 13.0 Å². The summed E-state index contributed by atoms with van der Waals surface area (Å²) in [5, 5.41) is 11.3. The Morgan fingerprint density at radius 2 is 1.85 bits per heavy atom. The fraction of sp³-hybridized carbons (Fsp3) is 0.484. The van der Waals surface area contributed by atoms with Crippen LogP contribution in [0.2, 0.25) is 0 Å². The Bertz CT molecular complexity index is 1390. The van der Waals surface area contributed by atoms with Crippen molar-refractivity contribution in [1.82, 2.24) is 19.7 Å². The number of methoxy groups -OCH3 is 1. The largest absolute Gasteiger partial charge is 0.508 e. The summed E-state index contributed by atoms with van der Waals surface area (Å²) in [6.07, 6.45) is 6.35. The van der Waals surface area contributed by atoms with Crippen molar-refractivity contribution < 1.29 is 19.4 Å². The highest BCUT2D eigenvalue weighted by atomic mass is 16.5. The number of fused-ring (bicyclic) bond motifs is 4. The van der Waals surface area contributed by atoms with Crippen LogP contribution < -0.4 is 4.74 Å². The minimum absolute atomic E-state index is 0.00832. The van der Waals surface area contributed by atoms with Gasteiger partial charge in [-0.2, -0.15) is 0 Å². The lowest BCUT2D eigenvalue weighted by atomic mass is 9.78. The van der Waals surface area contributed by atoms with Gasteiger partial charge in [0.2, 0.25) is 11.8 Å². The molecule has 4 heterocycles. The van der Waals surface area contributed by atoms with E-state index >= 15 is 0 Å². The summed E-state index contributed by atoms with van der Waals surface area (Å²) in [6.45, 7) is 5.76. The molecule has 2 amide bonds. The molecule has 2 fully saturated rings. The number of hydrogen-bond acceptors (Lipinski definition) is 5. The number of nitrogens with zero attached hydrogens (tertiary/aromatic N) is 3. The topological polar surface area (TPSA) is 89.1 Å². The molecular weight excluding hydrogens is 492 g/mol. The van der Waals surface area contributed by atoms with E-state index in [-0.39, 0.29) is 24.1 Å². The number of amides is 2. The molecule has 0 saturated carbocycles. The van der Waals surface area contributed by atoms with Gasteiger partial charge in [0.1, 0.15) is 17.0 Å². The minimum Gasteiger partial charge on any atom is -0.508 e. The molecule has 39 heavy (non-hydrogen) atoms. The molecule has 2 atom stereocenters. The maximum absolute atomic E-state index is 14.2. The van der Waals surface area contributed by atoms with Crippen molar-refractivity contribution in [2.45, 2.75) is 57.0 Å². The number of aromatic hydroxyl groups is 1. The van der Waals surface area contributed by atoms with Crippen LogP contribution in [-0.2, 0) is 16.0 Å². The average molecular weight is 531 g/mol. The molecule has 8 nitrogen and oxygen atoms in total. The molecule has 6 rings (SSSR count). The fourth-order valence-electron chi connectivity index (χ4n) is 6.93. The van der Waals surface area contributed by atoms with Gasteiger partial charge in [-0.3, -0.25) is 9.59 Å². The maximum Gasteiger partial charge on any atom is 0.249 e. The van der Waals surface area contributed by atoms with Crippen molar-refractivity contribution in [3.63, 3.8) is 0 Å². The highest BCUT2D eigenvalue weighted by Gasteiger charge is 2.55. The summed E-state index contributed by atoms with van der Waals surface area (Å²) >= 11 is 0. The zero-order chi connectivity index (χ0) is 27.1. The Morgan fingerprint density at radius 1 is 1.05 bits per heavy atom. The molecule has 2 aromatic carbocycles. The second-order valence-electron chi connectivity index (χ2n) is 11.5. The minimum atomic E-state index is -1.04. The van der Waals surface area contributed by atoms with Crippen molar-refractivity contribution >= 4 is 22.7 Å². The molecule has 2 N–H and O–H groups in total. The number of aromatic nitrogens is 1. The van der Waals surface area contributed by atoms with Gasteiger partial charge in [0.25, 0.3) is 0 Å². The van der Waals surface area contributed by atoms with E-state index < -0.39 is 11.6 Å². The number of benzene rings is 2. The van der Waals surface area contributed by atoms with Crippen LogP contribution in [0.15, 0.2) is 42.5 Å². The Balaban J connectivity index is 1.36. The lowest BCUT2D eigenvalue weighted by Crippen LogP contribution is -2.69. The molecule has 0 radical (unpaired) electrons. The van der Waals surface area contributed by atoms with Gasteiger partial charge in [0.15, 0.2) is 0 Å². The van der Waals surface area contributed by atoms with Crippen LogP contribution in [0.4, 0.5) is 0 Å². The van der Waals surface area contributed by atoms with Crippen LogP contribution in [0.5, 0.6) is 11.5 Å². The molecule has 3 aromatic rings. The number of ether oxygens (including phenoxy) is 1. The first-order valence-corrected chi connectivity index (χ1v) is 14.2. The van der Waals surface area contributed by atoms with Crippen molar-refractivity contribution in [2.75, 3.05) is 39.8 Å². The smallest absolute Gasteiger partial charge is 0.249 e. The predicted octanol–water partition coefficient (Wildman–Crippen LogP) is 4.22. The number of H-pyrrole nitrogens is 1. The predicted molar refractivity (Wildman–Crippen MR) is 150 cm³/mol. The number of carbonyl (C=O) groups is 2. The average Bonchev–Trinajstić information content (AvgIpc) is 3.08. The molecular formula is C31H38N4O4. The molecule has 0 bridgehead atoms. The quantitative estimate of drug-likeness (QED) is 0.498. The van der Waals surface area contributed by atoms with Crippen molar-refractivity contribution in [1.29, 1.82) is 0 Å². The van der Waals surface area contributed by atoms with Crippen LogP contribution in [0.3, 0.4) is 0 Å². The van der Waals surface area contributed by atoms with Gasteiger partial charge in [-0.25, -0.2) is 0 Å². The number of phenolic OH excluding ortho intramolecular Hbond substituents is 1. The summed E-state index contributed by atoms with van der Waals surface area (Å²) in [7, 11) is 1.64. The second-order valence-corrected chi connectivity index (χ2v) is 11.5. The van der Waals surface area contributed by atoms with Crippen molar-refractivity contribution in [2.24, 2.45) is 0 Å².